The molecule has 0 amide bonds. The third-order valence-electron chi connectivity index (χ3n) is 2.22. The van der Waals surface area contributed by atoms with E-state index in [0.29, 0.717) is 6.54 Å². The molecule has 14 heavy (non-hydrogen) atoms. The third-order valence-corrected chi connectivity index (χ3v) is 3.37. The maximum Gasteiger partial charge on any atom is 0.401 e. The topological polar surface area (TPSA) is 29.3 Å². The van der Waals surface area contributed by atoms with Crippen molar-refractivity contribution < 1.29 is 13.2 Å². The van der Waals surface area contributed by atoms with E-state index >= 15 is 0 Å². The van der Waals surface area contributed by atoms with E-state index in [1.807, 2.05) is 0 Å². The molecule has 6 heteroatoms. The minimum atomic E-state index is -4.11. The van der Waals surface area contributed by atoms with Gasteiger partial charge < -0.3 is 5.73 Å². The lowest BCUT2D eigenvalue weighted by atomic mass is 10.2. The van der Waals surface area contributed by atoms with Crippen molar-refractivity contribution in [3.63, 3.8) is 0 Å². The first kappa shape index (κ1) is 12.1. The van der Waals surface area contributed by atoms with Crippen LogP contribution in [0.4, 0.5) is 13.2 Å². The van der Waals surface area contributed by atoms with Crippen molar-refractivity contribution in [2.45, 2.75) is 18.6 Å². The van der Waals surface area contributed by atoms with E-state index in [2.05, 4.69) is 0 Å². The van der Waals surface area contributed by atoms with Crippen LogP contribution in [0.25, 0.3) is 0 Å². The zero-order valence-corrected chi connectivity index (χ0v) is 8.70. The highest BCUT2D eigenvalue weighted by Crippen LogP contribution is 2.25. The molecule has 0 aliphatic carbocycles. The van der Waals surface area contributed by atoms with Crippen LogP contribution in [0.3, 0.4) is 0 Å². The Morgan fingerprint density at radius 1 is 1.43 bits per heavy atom. The Kier molecular flexibility index (Phi) is 4.53. The second kappa shape index (κ2) is 5.23. The summed E-state index contributed by atoms with van der Waals surface area (Å²) in [6.07, 6.45) is -3.26. The molecule has 1 atom stereocenters. The van der Waals surface area contributed by atoms with E-state index in [1.165, 1.54) is 4.90 Å². The van der Waals surface area contributed by atoms with Gasteiger partial charge in [-0.05, 0) is 12.2 Å². The van der Waals surface area contributed by atoms with Crippen LogP contribution in [-0.4, -0.2) is 48.3 Å². The van der Waals surface area contributed by atoms with Gasteiger partial charge in [-0.15, -0.1) is 0 Å². The molecule has 84 valence electrons. The van der Waals surface area contributed by atoms with Crippen molar-refractivity contribution in [2.75, 3.05) is 31.1 Å². The van der Waals surface area contributed by atoms with Gasteiger partial charge in [-0.3, -0.25) is 4.90 Å². The van der Waals surface area contributed by atoms with E-state index in [4.69, 9.17) is 5.73 Å². The summed E-state index contributed by atoms with van der Waals surface area (Å²) in [4.78, 5) is 1.46. The van der Waals surface area contributed by atoms with Gasteiger partial charge in [0.2, 0.25) is 0 Å². The molecule has 1 heterocycles. The van der Waals surface area contributed by atoms with Gasteiger partial charge in [0.15, 0.2) is 0 Å². The molecular weight excluding hydrogens is 213 g/mol. The first-order valence-electron chi connectivity index (χ1n) is 4.61. The molecule has 1 unspecified atom stereocenters. The lowest BCUT2D eigenvalue weighted by Gasteiger charge is -2.28. The van der Waals surface area contributed by atoms with E-state index in [9.17, 15) is 13.2 Å². The van der Waals surface area contributed by atoms with E-state index in [-0.39, 0.29) is 12.6 Å². The minimum Gasteiger partial charge on any atom is -0.329 e. The Morgan fingerprint density at radius 3 is 2.57 bits per heavy atom. The monoisotopic (exact) mass is 228 g/mol. The molecule has 0 spiro atoms. The average Bonchev–Trinajstić information content (AvgIpc) is 2.52. The van der Waals surface area contributed by atoms with Crippen LogP contribution >= 0.6 is 11.8 Å². The number of thioether (sulfide) groups is 1. The second-order valence-electron chi connectivity index (χ2n) is 3.39. The van der Waals surface area contributed by atoms with Crippen molar-refractivity contribution in [3.8, 4) is 0 Å². The first-order valence-corrected chi connectivity index (χ1v) is 5.77. The zero-order valence-electron chi connectivity index (χ0n) is 7.89. The summed E-state index contributed by atoms with van der Waals surface area (Å²) < 4.78 is 36.6. The summed E-state index contributed by atoms with van der Waals surface area (Å²) in [6, 6.07) is 0.0603. The predicted molar refractivity (Wildman–Crippen MR) is 52.4 cm³/mol. The van der Waals surface area contributed by atoms with Crippen molar-refractivity contribution in [1.82, 2.24) is 4.90 Å². The Labute approximate surface area is 86.0 Å². The number of nitrogens with zero attached hydrogens (tertiary/aromatic N) is 1. The molecular formula is C8H15F3N2S. The summed E-state index contributed by atoms with van der Waals surface area (Å²) in [7, 11) is 0. The van der Waals surface area contributed by atoms with Crippen molar-refractivity contribution in [3.05, 3.63) is 0 Å². The highest BCUT2D eigenvalue weighted by Gasteiger charge is 2.34. The Balaban J connectivity index is 2.45. The van der Waals surface area contributed by atoms with E-state index in [1.54, 1.807) is 11.8 Å². The van der Waals surface area contributed by atoms with Crippen LogP contribution in [0.5, 0.6) is 0 Å². The lowest BCUT2D eigenvalue weighted by Crippen LogP contribution is -2.44. The number of hydrogen-bond donors (Lipinski definition) is 1. The average molecular weight is 228 g/mol. The summed E-state index contributed by atoms with van der Waals surface area (Å²) in [5.41, 5.74) is 5.30. The van der Waals surface area contributed by atoms with Gasteiger partial charge in [0, 0.05) is 24.9 Å². The molecule has 0 aromatic rings. The van der Waals surface area contributed by atoms with Crippen LogP contribution in [-0.2, 0) is 0 Å². The number of nitrogens with two attached hydrogens (primary N) is 1. The van der Waals surface area contributed by atoms with Gasteiger partial charge in [-0.2, -0.15) is 24.9 Å². The Morgan fingerprint density at radius 2 is 2.14 bits per heavy atom. The first-order chi connectivity index (χ1) is 6.53. The molecule has 0 radical (unpaired) electrons. The number of alkyl halides is 3. The minimum absolute atomic E-state index is 0.0603. The quantitative estimate of drug-likeness (QED) is 0.786. The van der Waals surface area contributed by atoms with Crippen LogP contribution in [0, 0.1) is 0 Å². The SMILES string of the molecule is NCCN(CC(F)(F)F)C1CCSC1. The smallest absolute Gasteiger partial charge is 0.329 e. The number of hydrogen-bond acceptors (Lipinski definition) is 3. The molecule has 0 bridgehead atoms. The fourth-order valence-corrected chi connectivity index (χ4v) is 2.85. The van der Waals surface area contributed by atoms with Gasteiger partial charge in [-0.1, -0.05) is 0 Å². The molecule has 0 aromatic carbocycles. The molecule has 1 fully saturated rings. The van der Waals surface area contributed by atoms with Crippen LogP contribution < -0.4 is 5.73 Å². The van der Waals surface area contributed by atoms with Crippen molar-refractivity contribution >= 4 is 11.8 Å². The summed E-state index contributed by atoms with van der Waals surface area (Å²) in [5, 5.41) is 0. The highest BCUT2D eigenvalue weighted by molar-refractivity contribution is 7.99. The van der Waals surface area contributed by atoms with E-state index < -0.39 is 12.7 Å². The Bertz CT molecular complexity index is 168. The fraction of sp³-hybridized carbons (Fsp3) is 1.00. The van der Waals surface area contributed by atoms with Crippen LogP contribution in [0.15, 0.2) is 0 Å². The van der Waals surface area contributed by atoms with Gasteiger partial charge in [0.25, 0.3) is 0 Å². The lowest BCUT2D eigenvalue weighted by molar-refractivity contribution is -0.149. The van der Waals surface area contributed by atoms with Gasteiger partial charge in [-0.25, -0.2) is 0 Å². The molecule has 1 aliphatic heterocycles. The van der Waals surface area contributed by atoms with Gasteiger partial charge >= 0.3 is 6.18 Å². The predicted octanol–water partition coefficient (Wildman–Crippen LogP) is 1.31. The van der Waals surface area contributed by atoms with Gasteiger partial charge in [0.05, 0.1) is 6.54 Å². The molecule has 2 nitrogen and oxygen atoms in total. The third kappa shape index (κ3) is 4.06. The molecule has 1 saturated heterocycles. The second-order valence-corrected chi connectivity index (χ2v) is 4.54. The maximum atomic E-state index is 12.2. The van der Waals surface area contributed by atoms with Gasteiger partial charge in [0.1, 0.15) is 0 Å². The Hall–Kier alpha value is 0.0600. The van der Waals surface area contributed by atoms with Crippen molar-refractivity contribution in [2.24, 2.45) is 5.73 Å². The summed E-state index contributed by atoms with van der Waals surface area (Å²) in [6.45, 7) is -0.197. The van der Waals surface area contributed by atoms with Crippen LogP contribution in [0.1, 0.15) is 6.42 Å². The normalized spacial score (nSPS) is 23.4. The van der Waals surface area contributed by atoms with Crippen molar-refractivity contribution in [1.29, 1.82) is 0 Å². The standard InChI is InChI=1S/C8H15F3N2S/c9-8(10,11)6-13(3-2-12)7-1-4-14-5-7/h7H,1-6,12H2. The molecule has 0 aromatic heterocycles. The zero-order chi connectivity index (χ0) is 10.6. The highest BCUT2D eigenvalue weighted by atomic mass is 32.2. The number of rotatable bonds is 4. The number of halogens is 3. The van der Waals surface area contributed by atoms with E-state index in [0.717, 1.165) is 17.9 Å². The molecule has 0 saturated carbocycles. The summed E-state index contributed by atoms with van der Waals surface area (Å²) >= 11 is 1.71. The summed E-state index contributed by atoms with van der Waals surface area (Å²) in [5.74, 6) is 1.76. The molecule has 1 aliphatic rings. The fourth-order valence-electron chi connectivity index (χ4n) is 1.60. The maximum absolute atomic E-state index is 12.2. The molecule has 1 rings (SSSR count). The van der Waals surface area contributed by atoms with Crippen LogP contribution in [0.2, 0.25) is 0 Å². The largest absolute Gasteiger partial charge is 0.401 e. The molecule has 2 N–H and O–H groups in total.